The van der Waals surface area contributed by atoms with Gasteiger partial charge in [-0.2, -0.15) is 0 Å². The molecule has 0 aromatic carbocycles. The van der Waals surface area contributed by atoms with Gasteiger partial charge in [0.05, 0.1) is 6.61 Å². The van der Waals surface area contributed by atoms with Crippen LogP contribution in [0.5, 0.6) is 0 Å². The Bertz CT molecular complexity index is 732. The number of rotatable bonds is 27. The van der Waals surface area contributed by atoms with Gasteiger partial charge >= 0.3 is 11.9 Å². The summed E-state index contributed by atoms with van der Waals surface area (Å²) in [5, 5.41) is 9.47. The van der Waals surface area contributed by atoms with Crippen LogP contribution in [0.25, 0.3) is 0 Å². The van der Waals surface area contributed by atoms with Crippen LogP contribution in [-0.2, 0) is 19.1 Å². The molecule has 0 spiro atoms. The van der Waals surface area contributed by atoms with Crippen molar-refractivity contribution in [3.05, 3.63) is 60.8 Å². The fourth-order valence-corrected chi connectivity index (χ4v) is 3.88. The van der Waals surface area contributed by atoms with Crippen molar-refractivity contribution in [2.75, 3.05) is 13.2 Å². The second-order valence-corrected chi connectivity index (χ2v) is 10.1. The van der Waals surface area contributed by atoms with Crippen LogP contribution < -0.4 is 0 Å². The highest BCUT2D eigenvalue weighted by atomic mass is 16.6. The van der Waals surface area contributed by atoms with E-state index >= 15 is 0 Å². The molecular formula is C35H58O5. The van der Waals surface area contributed by atoms with E-state index in [9.17, 15) is 14.7 Å². The van der Waals surface area contributed by atoms with Crippen LogP contribution in [0.15, 0.2) is 60.8 Å². The van der Waals surface area contributed by atoms with Crippen LogP contribution in [0.3, 0.4) is 0 Å². The molecule has 0 aromatic rings. The number of unbranched alkanes of at least 4 members (excludes halogenated alkanes) is 9. The van der Waals surface area contributed by atoms with Gasteiger partial charge in [0, 0.05) is 12.8 Å². The molecule has 0 fully saturated rings. The van der Waals surface area contributed by atoms with E-state index in [0.29, 0.717) is 12.8 Å². The molecule has 0 amide bonds. The number of aliphatic hydroxyl groups is 1. The average molecular weight is 559 g/mol. The van der Waals surface area contributed by atoms with Gasteiger partial charge in [0.2, 0.25) is 0 Å². The van der Waals surface area contributed by atoms with Gasteiger partial charge < -0.3 is 14.6 Å². The van der Waals surface area contributed by atoms with E-state index in [2.05, 4.69) is 74.6 Å². The van der Waals surface area contributed by atoms with Gasteiger partial charge in [0.15, 0.2) is 6.10 Å². The fraction of sp³-hybridized carbons (Fsp3) is 0.657. The van der Waals surface area contributed by atoms with E-state index in [1.807, 2.05) is 0 Å². The predicted octanol–water partition coefficient (Wildman–Crippen LogP) is 9.28. The summed E-state index contributed by atoms with van der Waals surface area (Å²) in [6.45, 7) is 3.91. The first-order valence-corrected chi connectivity index (χ1v) is 15.8. The molecule has 5 nitrogen and oxygen atoms in total. The molecule has 0 radical (unpaired) electrons. The number of allylic oxidation sites excluding steroid dienone is 10. The van der Waals surface area contributed by atoms with Crippen molar-refractivity contribution < 1.29 is 24.2 Å². The minimum Gasteiger partial charge on any atom is -0.462 e. The summed E-state index contributed by atoms with van der Waals surface area (Å²) in [5.74, 6) is -0.660. The highest BCUT2D eigenvalue weighted by Gasteiger charge is 2.15. The van der Waals surface area contributed by atoms with Gasteiger partial charge in [0.1, 0.15) is 6.61 Å². The lowest BCUT2D eigenvalue weighted by Crippen LogP contribution is -2.28. The lowest BCUT2D eigenvalue weighted by atomic mass is 10.1. The molecule has 0 aliphatic carbocycles. The zero-order valence-corrected chi connectivity index (χ0v) is 25.6. The summed E-state index contributed by atoms with van der Waals surface area (Å²) in [6.07, 6.45) is 38.4. The van der Waals surface area contributed by atoms with Gasteiger partial charge in [-0.15, -0.1) is 0 Å². The molecule has 0 bridgehead atoms. The van der Waals surface area contributed by atoms with Crippen LogP contribution in [-0.4, -0.2) is 36.4 Å². The first-order valence-electron chi connectivity index (χ1n) is 15.8. The Morgan fingerprint density at radius 2 is 1.07 bits per heavy atom. The van der Waals surface area contributed by atoms with Gasteiger partial charge in [-0.1, -0.05) is 107 Å². The summed E-state index contributed by atoms with van der Waals surface area (Å²) in [4.78, 5) is 24.0. The van der Waals surface area contributed by atoms with Gasteiger partial charge in [-0.05, 0) is 70.6 Å². The van der Waals surface area contributed by atoms with E-state index in [0.717, 1.165) is 70.6 Å². The fourth-order valence-electron chi connectivity index (χ4n) is 3.88. The van der Waals surface area contributed by atoms with E-state index in [4.69, 9.17) is 9.47 Å². The molecule has 0 aliphatic rings. The molecule has 5 heteroatoms. The standard InChI is InChI=1S/C35H58O5/c1-3-5-7-9-11-13-15-16-17-18-20-22-24-26-28-30-35(38)40-33(31-36)32-39-34(37)29-27-25-23-21-19-14-12-10-8-6-4-2/h5,7,10-13,16-17,20,22,33,36H,3-4,6,8-9,14-15,18-19,21,23-32H2,1-2H3/b7-5-,12-10-,13-11-,17-16-,22-20-/t33-/m0/s1. The third-order valence-corrected chi connectivity index (χ3v) is 6.30. The lowest BCUT2D eigenvalue weighted by Gasteiger charge is -2.15. The van der Waals surface area contributed by atoms with Gasteiger partial charge in [-0.25, -0.2) is 0 Å². The van der Waals surface area contributed by atoms with E-state index in [-0.39, 0.29) is 25.2 Å². The molecule has 0 aliphatic heterocycles. The molecule has 0 saturated heterocycles. The van der Waals surface area contributed by atoms with Crippen LogP contribution in [0, 0.1) is 0 Å². The second kappa shape index (κ2) is 31.1. The zero-order chi connectivity index (χ0) is 29.4. The minimum absolute atomic E-state index is 0.0899. The molecule has 0 heterocycles. The zero-order valence-electron chi connectivity index (χ0n) is 25.6. The second-order valence-electron chi connectivity index (χ2n) is 10.1. The topological polar surface area (TPSA) is 72.8 Å². The summed E-state index contributed by atoms with van der Waals surface area (Å²) in [6, 6.07) is 0. The summed E-state index contributed by atoms with van der Waals surface area (Å²) < 4.78 is 10.5. The molecule has 0 aromatic heterocycles. The SMILES string of the molecule is CC/C=C\C/C=C\C/C=C\C/C=C\CCCCC(=O)O[C@@H](CO)COC(=O)CCCCCCC/C=C\CCCC. The Kier molecular flexibility index (Phi) is 29.3. The monoisotopic (exact) mass is 558 g/mol. The molecule has 1 N–H and O–H groups in total. The van der Waals surface area contributed by atoms with Crippen molar-refractivity contribution in [1.29, 1.82) is 0 Å². The van der Waals surface area contributed by atoms with Crippen molar-refractivity contribution >= 4 is 11.9 Å². The van der Waals surface area contributed by atoms with E-state index in [1.54, 1.807) is 0 Å². The van der Waals surface area contributed by atoms with Crippen molar-refractivity contribution in [1.82, 2.24) is 0 Å². The summed E-state index contributed by atoms with van der Waals surface area (Å²) >= 11 is 0. The number of carbonyl (C=O) groups is 2. The maximum atomic E-state index is 12.1. The van der Waals surface area contributed by atoms with Crippen molar-refractivity contribution in [2.24, 2.45) is 0 Å². The maximum Gasteiger partial charge on any atom is 0.306 e. The number of hydrogen-bond donors (Lipinski definition) is 1. The molecule has 0 rings (SSSR count). The molecule has 0 unspecified atom stereocenters. The molecule has 0 saturated carbocycles. The van der Waals surface area contributed by atoms with Gasteiger partial charge in [0.25, 0.3) is 0 Å². The third kappa shape index (κ3) is 28.6. The molecular weight excluding hydrogens is 500 g/mol. The number of hydrogen-bond acceptors (Lipinski definition) is 5. The largest absolute Gasteiger partial charge is 0.462 e. The number of ether oxygens (including phenoxy) is 2. The van der Waals surface area contributed by atoms with Crippen molar-refractivity contribution in [2.45, 2.75) is 136 Å². The van der Waals surface area contributed by atoms with Crippen LogP contribution in [0.1, 0.15) is 129 Å². The quantitative estimate of drug-likeness (QED) is 0.0618. The van der Waals surface area contributed by atoms with Crippen LogP contribution in [0.2, 0.25) is 0 Å². The van der Waals surface area contributed by atoms with E-state index < -0.39 is 6.10 Å². The number of aliphatic hydroxyl groups excluding tert-OH is 1. The highest BCUT2D eigenvalue weighted by molar-refractivity contribution is 5.70. The first-order chi connectivity index (χ1) is 19.6. The lowest BCUT2D eigenvalue weighted by molar-refractivity contribution is -0.161. The first kappa shape index (κ1) is 37.6. The maximum absolute atomic E-state index is 12.1. The minimum atomic E-state index is -0.795. The van der Waals surface area contributed by atoms with Crippen LogP contribution >= 0.6 is 0 Å². The predicted molar refractivity (Wildman–Crippen MR) is 168 cm³/mol. The van der Waals surface area contributed by atoms with Crippen molar-refractivity contribution in [3.8, 4) is 0 Å². The van der Waals surface area contributed by atoms with Gasteiger partial charge in [-0.3, -0.25) is 9.59 Å². The van der Waals surface area contributed by atoms with E-state index in [1.165, 1.54) is 32.1 Å². The normalized spacial score (nSPS) is 13.0. The Hall–Kier alpha value is -2.40. The smallest absolute Gasteiger partial charge is 0.306 e. The molecule has 228 valence electrons. The molecule has 40 heavy (non-hydrogen) atoms. The Labute approximate surface area is 245 Å². The number of carbonyl (C=O) groups excluding carboxylic acids is 2. The van der Waals surface area contributed by atoms with Crippen LogP contribution in [0.4, 0.5) is 0 Å². The van der Waals surface area contributed by atoms with Crippen molar-refractivity contribution in [3.63, 3.8) is 0 Å². The highest BCUT2D eigenvalue weighted by Crippen LogP contribution is 2.10. The average Bonchev–Trinajstić information content (AvgIpc) is 2.96. The summed E-state index contributed by atoms with van der Waals surface area (Å²) in [7, 11) is 0. The third-order valence-electron chi connectivity index (χ3n) is 6.30. The molecule has 1 atom stereocenters. The Morgan fingerprint density at radius 3 is 1.70 bits per heavy atom. The Morgan fingerprint density at radius 1 is 0.600 bits per heavy atom. The number of esters is 2. The summed E-state index contributed by atoms with van der Waals surface area (Å²) in [5.41, 5.74) is 0. The Balaban J connectivity index is 3.73.